The Balaban J connectivity index is 2.46. The van der Waals surface area contributed by atoms with Crippen LogP contribution in [0.25, 0.3) is 11.3 Å². The second kappa shape index (κ2) is 6.63. The molecule has 1 aromatic carbocycles. The van der Waals surface area contributed by atoms with Crippen LogP contribution in [-0.4, -0.2) is 30.7 Å². The molecular weight excluding hydrogens is 306 g/mol. The van der Waals surface area contributed by atoms with Gasteiger partial charge < -0.3 is 10.1 Å². The van der Waals surface area contributed by atoms with Crippen molar-refractivity contribution >= 4 is 21.7 Å². The van der Waals surface area contributed by atoms with E-state index in [2.05, 4.69) is 31.2 Å². The van der Waals surface area contributed by atoms with Crippen molar-refractivity contribution in [2.45, 2.75) is 6.42 Å². The van der Waals surface area contributed by atoms with E-state index in [-0.39, 0.29) is 0 Å². The van der Waals surface area contributed by atoms with Gasteiger partial charge in [0.1, 0.15) is 11.6 Å². The van der Waals surface area contributed by atoms with Crippen molar-refractivity contribution in [1.82, 2.24) is 9.97 Å². The number of ether oxygens (including phenoxy) is 1. The average Bonchev–Trinajstić information content (AvgIpc) is 2.47. The summed E-state index contributed by atoms with van der Waals surface area (Å²) in [6.07, 6.45) is 0.693. The minimum atomic E-state index is 0.610. The fourth-order valence-electron chi connectivity index (χ4n) is 1.75. The van der Waals surface area contributed by atoms with Gasteiger partial charge in [0.05, 0.1) is 16.8 Å². The first-order chi connectivity index (χ1) is 9.26. The van der Waals surface area contributed by atoms with Gasteiger partial charge in [0, 0.05) is 26.1 Å². The molecule has 1 aromatic heterocycles. The van der Waals surface area contributed by atoms with Crippen molar-refractivity contribution in [2.24, 2.45) is 0 Å². The number of hydrogen-bond donors (Lipinski definition) is 1. The van der Waals surface area contributed by atoms with E-state index >= 15 is 0 Å². The van der Waals surface area contributed by atoms with E-state index in [1.54, 1.807) is 7.11 Å². The molecule has 0 saturated carbocycles. The van der Waals surface area contributed by atoms with Gasteiger partial charge in [0.15, 0.2) is 0 Å². The van der Waals surface area contributed by atoms with Crippen LogP contribution in [-0.2, 0) is 11.2 Å². The minimum Gasteiger partial charge on any atom is -0.384 e. The molecule has 5 heteroatoms. The zero-order valence-electron chi connectivity index (χ0n) is 11.0. The summed E-state index contributed by atoms with van der Waals surface area (Å²) in [5.74, 6) is 1.56. The van der Waals surface area contributed by atoms with Gasteiger partial charge in [-0.15, -0.1) is 0 Å². The van der Waals surface area contributed by atoms with Crippen LogP contribution in [0.1, 0.15) is 5.82 Å². The maximum atomic E-state index is 5.08. The maximum Gasteiger partial charge on any atom is 0.144 e. The molecule has 0 bridgehead atoms. The Hall–Kier alpha value is -1.46. The molecule has 2 rings (SSSR count). The number of nitrogens with one attached hydrogen (secondary N) is 1. The quantitative estimate of drug-likeness (QED) is 0.919. The van der Waals surface area contributed by atoms with Crippen molar-refractivity contribution in [1.29, 1.82) is 0 Å². The highest BCUT2D eigenvalue weighted by atomic mass is 79.9. The second-order valence-electron chi connectivity index (χ2n) is 4.01. The van der Waals surface area contributed by atoms with Crippen LogP contribution >= 0.6 is 15.9 Å². The SMILES string of the molecule is CNc1nc(CCOC)nc(-c2ccccc2)c1Br. The number of anilines is 1. The average molecular weight is 322 g/mol. The predicted octanol–water partition coefficient (Wildman–Crippen LogP) is 3.14. The van der Waals surface area contributed by atoms with Crippen LogP contribution in [0.3, 0.4) is 0 Å². The molecule has 19 heavy (non-hydrogen) atoms. The monoisotopic (exact) mass is 321 g/mol. The number of nitrogens with zero attached hydrogens (tertiary/aromatic N) is 2. The number of hydrogen-bond acceptors (Lipinski definition) is 4. The highest BCUT2D eigenvalue weighted by Gasteiger charge is 2.12. The zero-order chi connectivity index (χ0) is 13.7. The molecule has 2 aromatic rings. The third-order valence-corrected chi connectivity index (χ3v) is 3.46. The number of methoxy groups -OCH3 is 1. The first kappa shape index (κ1) is 14.0. The number of rotatable bonds is 5. The molecule has 0 fully saturated rings. The molecule has 1 N–H and O–H groups in total. The molecule has 0 aliphatic heterocycles. The summed E-state index contributed by atoms with van der Waals surface area (Å²) >= 11 is 3.56. The van der Waals surface area contributed by atoms with Crippen molar-refractivity contribution in [3.8, 4) is 11.3 Å². The smallest absolute Gasteiger partial charge is 0.144 e. The van der Waals surface area contributed by atoms with E-state index in [4.69, 9.17) is 4.74 Å². The summed E-state index contributed by atoms with van der Waals surface area (Å²) in [5, 5.41) is 3.08. The molecule has 0 aliphatic carbocycles. The Kier molecular flexibility index (Phi) is 4.87. The van der Waals surface area contributed by atoms with Crippen LogP contribution in [0.4, 0.5) is 5.82 Å². The standard InChI is InChI=1S/C14H16BrN3O/c1-16-14-12(15)13(10-6-4-3-5-7-10)17-11(18-14)8-9-19-2/h3-7H,8-9H2,1-2H3,(H,16,17,18). The normalized spacial score (nSPS) is 10.5. The van der Waals surface area contributed by atoms with Crippen LogP contribution in [0.5, 0.6) is 0 Å². The Morgan fingerprint density at radius 3 is 2.58 bits per heavy atom. The molecule has 0 atom stereocenters. The van der Waals surface area contributed by atoms with E-state index in [0.29, 0.717) is 13.0 Å². The molecule has 0 unspecified atom stereocenters. The highest BCUT2D eigenvalue weighted by Crippen LogP contribution is 2.31. The lowest BCUT2D eigenvalue weighted by molar-refractivity contribution is 0.200. The molecule has 4 nitrogen and oxygen atoms in total. The third kappa shape index (κ3) is 3.30. The number of aromatic nitrogens is 2. The molecule has 1 heterocycles. The summed E-state index contributed by atoms with van der Waals surface area (Å²) in [6.45, 7) is 0.610. The zero-order valence-corrected chi connectivity index (χ0v) is 12.6. The molecule has 0 aliphatic rings. The van der Waals surface area contributed by atoms with E-state index < -0.39 is 0 Å². The molecule has 0 saturated heterocycles. The number of benzene rings is 1. The number of halogens is 1. The van der Waals surface area contributed by atoms with Crippen LogP contribution < -0.4 is 5.32 Å². The Morgan fingerprint density at radius 1 is 1.21 bits per heavy atom. The van der Waals surface area contributed by atoms with Gasteiger partial charge in [0.25, 0.3) is 0 Å². The van der Waals surface area contributed by atoms with Crippen LogP contribution in [0.2, 0.25) is 0 Å². The van der Waals surface area contributed by atoms with Gasteiger partial charge in [-0.2, -0.15) is 0 Å². The Labute approximate surface area is 121 Å². The molecule has 0 spiro atoms. The minimum absolute atomic E-state index is 0.610. The first-order valence-corrected chi connectivity index (χ1v) is 6.84. The predicted molar refractivity (Wildman–Crippen MR) is 80.3 cm³/mol. The lowest BCUT2D eigenvalue weighted by atomic mass is 10.1. The fraction of sp³-hybridized carbons (Fsp3) is 0.286. The van der Waals surface area contributed by atoms with Crippen LogP contribution in [0.15, 0.2) is 34.8 Å². The lowest BCUT2D eigenvalue weighted by Crippen LogP contribution is -2.06. The lowest BCUT2D eigenvalue weighted by Gasteiger charge is -2.11. The van der Waals surface area contributed by atoms with Gasteiger partial charge in [-0.1, -0.05) is 30.3 Å². The maximum absolute atomic E-state index is 5.08. The summed E-state index contributed by atoms with van der Waals surface area (Å²) in [7, 11) is 3.53. The summed E-state index contributed by atoms with van der Waals surface area (Å²) in [6, 6.07) is 10.1. The van der Waals surface area contributed by atoms with Crippen LogP contribution in [0, 0.1) is 0 Å². The third-order valence-electron chi connectivity index (χ3n) is 2.71. The van der Waals surface area contributed by atoms with Gasteiger partial charge in [0.2, 0.25) is 0 Å². The van der Waals surface area contributed by atoms with Gasteiger partial charge in [-0.3, -0.25) is 0 Å². The van der Waals surface area contributed by atoms with Crippen molar-refractivity contribution in [3.63, 3.8) is 0 Å². The molecule has 100 valence electrons. The highest BCUT2D eigenvalue weighted by molar-refractivity contribution is 9.10. The molecule has 0 radical (unpaired) electrons. The van der Waals surface area contributed by atoms with Crippen molar-refractivity contribution < 1.29 is 4.74 Å². The van der Waals surface area contributed by atoms with E-state index in [9.17, 15) is 0 Å². The Bertz CT molecular complexity index is 546. The fourth-order valence-corrected chi connectivity index (χ4v) is 2.36. The van der Waals surface area contributed by atoms with Gasteiger partial charge in [-0.25, -0.2) is 9.97 Å². The van der Waals surface area contributed by atoms with Gasteiger partial charge in [-0.05, 0) is 15.9 Å². The first-order valence-electron chi connectivity index (χ1n) is 6.04. The van der Waals surface area contributed by atoms with E-state index in [1.165, 1.54) is 0 Å². The topological polar surface area (TPSA) is 47.0 Å². The summed E-state index contributed by atoms with van der Waals surface area (Å²) in [5.41, 5.74) is 1.96. The van der Waals surface area contributed by atoms with Crippen molar-refractivity contribution in [3.05, 3.63) is 40.6 Å². The van der Waals surface area contributed by atoms with E-state index in [1.807, 2.05) is 37.4 Å². The van der Waals surface area contributed by atoms with Gasteiger partial charge >= 0.3 is 0 Å². The molecular formula is C14H16BrN3O. The summed E-state index contributed by atoms with van der Waals surface area (Å²) in [4.78, 5) is 9.08. The molecule has 0 amide bonds. The largest absolute Gasteiger partial charge is 0.384 e. The second-order valence-corrected chi connectivity index (χ2v) is 4.80. The Morgan fingerprint density at radius 2 is 1.95 bits per heavy atom. The van der Waals surface area contributed by atoms with Crippen molar-refractivity contribution in [2.75, 3.05) is 26.1 Å². The summed E-state index contributed by atoms with van der Waals surface area (Å²) < 4.78 is 5.96. The van der Waals surface area contributed by atoms with E-state index in [0.717, 1.165) is 27.4 Å².